The van der Waals surface area contributed by atoms with Crippen LogP contribution in [0.15, 0.2) is 12.2 Å². The van der Waals surface area contributed by atoms with Gasteiger partial charge in [0.05, 0.1) is 18.3 Å². The van der Waals surface area contributed by atoms with E-state index in [1.54, 1.807) is 6.08 Å². The highest BCUT2D eigenvalue weighted by Gasteiger charge is 2.39. The average molecular weight is 328 g/mol. The fourth-order valence-electron chi connectivity index (χ4n) is 3.39. The molecule has 4 N–H and O–H groups in total. The van der Waals surface area contributed by atoms with E-state index < -0.39 is 24.3 Å². The molecule has 5 heteroatoms. The van der Waals surface area contributed by atoms with Gasteiger partial charge in [-0.1, -0.05) is 44.8 Å². The highest BCUT2D eigenvalue weighted by molar-refractivity contribution is 5.66. The van der Waals surface area contributed by atoms with Crippen LogP contribution in [0.2, 0.25) is 0 Å². The molecule has 0 bridgehead atoms. The number of unbranched alkanes of at least 4 members (excludes halogenated alkanes) is 3. The molecule has 0 amide bonds. The van der Waals surface area contributed by atoms with E-state index in [-0.39, 0.29) is 18.3 Å². The van der Waals surface area contributed by atoms with Crippen LogP contribution in [0, 0.1) is 11.8 Å². The third-order valence-electron chi connectivity index (χ3n) is 4.75. The molecule has 1 aliphatic carbocycles. The molecule has 0 unspecified atom stereocenters. The third-order valence-corrected chi connectivity index (χ3v) is 4.75. The topological polar surface area (TPSA) is 98.0 Å². The standard InChI is InChI=1S/C18H32O5/c1-2-3-4-7-13(19)10-11-15-14(16(20)12-17(15)21)8-5-6-9-18(22)23/h10-11,13-17,19-21H,2-9,12H2,1H3,(H,22,23)/b11-10+/t13-,14-,15+,16+,17-/m1/s1. The number of aliphatic hydroxyl groups is 3. The highest BCUT2D eigenvalue weighted by Crippen LogP contribution is 2.37. The van der Waals surface area contributed by atoms with E-state index in [0.717, 1.165) is 32.1 Å². The van der Waals surface area contributed by atoms with Crippen molar-refractivity contribution in [2.45, 2.75) is 83.0 Å². The minimum absolute atomic E-state index is 0.0575. The number of aliphatic hydroxyl groups excluding tert-OH is 3. The first-order chi connectivity index (χ1) is 11.0. The van der Waals surface area contributed by atoms with Gasteiger partial charge in [0.25, 0.3) is 0 Å². The van der Waals surface area contributed by atoms with Crippen LogP contribution < -0.4 is 0 Å². The number of rotatable bonds is 11. The van der Waals surface area contributed by atoms with Crippen molar-refractivity contribution < 1.29 is 25.2 Å². The molecule has 1 fully saturated rings. The highest BCUT2D eigenvalue weighted by atomic mass is 16.4. The molecule has 0 saturated heterocycles. The van der Waals surface area contributed by atoms with Gasteiger partial charge in [0.2, 0.25) is 0 Å². The second-order valence-electron chi connectivity index (χ2n) is 6.70. The van der Waals surface area contributed by atoms with Crippen molar-refractivity contribution in [2.75, 3.05) is 0 Å². The molecule has 23 heavy (non-hydrogen) atoms. The minimum atomic E-state index is -0.802. The number of hydrogen-bond donors (Lipinski definition) is 4. The Bertz CT molecular complexity index is 368. The predicted molar refractivity (Wildman–Crippen MR) is 89.0 cm³/mol. The summed E-state index contributed by atoms with van der Waals surface area (Å²) >= 11 is 0. The van der Waals surface area contributed by atoms with Crippen molar-refractivity contribution in [1.82, 2.24) is 0 Å². The maximum Gasteiger partial charge on any atom is 0.303 e. The number of carboxylic acid groups (broad SMARTS) is 1. The van der Waals surface area contributed by atoms with Crippen molar-refractivity contribution in [3.8, 4) is 0 Å². The summed E-state index contributed by atoms with van der Waals surface area (Å²) in [6.45, 7) is 2.12. The number of carbonyl (C=O) groups is 1. The number of carboxylic acids is 1. The second-order valence-corrected chi connectivity index (χ2v) is 6.70. The van der Waals surface area contributed by atoms with Gasteiger partial charge in [0.15, 0.2) is 0 Å². The Morgan fingerprint density at radius 3 is 2.57 bits per heavy atom. The Labute approximate surface area is 139 Å². The lowest BCUT2D eigenvalue weighted by Crippen LogP contribution is -2.21. The summed E-state index contributed by atoms with van der Waals surface area (Å²) in [5, 5.41) is 38.8. The monoisotopic (exact) mass is 328 g/mol. The Hall–Kier alpha value is -0.910. The van der Waals surface area contributed by atoms with Crippen LogP contribution in [0.1, 0.15) is 64.7 Å². The summed E-state index contributed by atoms with van der Waals surface area (Å²) in [5.41, 5.74) is 0. The smallest absolute Gasteiger partial charge is 0.303 e. The van der Waals surface area contributed by atoms with Crippen molar-refractivity contribution in [2.24, 2.45) is 11.8 Å². The largest absolute Gasteiger partial charge is 0.481 e. The molecule has 0 spiro atoms. The normalized spacial score (nSPS) is 29.2. The van der Waals surface area contributed by atoms with Gasteiger partial charge in [-0.05, 0) is 25.2 Å². The molecule has 5 atom stereocenters. The molecular formula is C18H32O5. The van der Waals surface area contributed by atoms with E-state index in [1.807, 2.05) is 6.08 Å². The van der Waals surface area contributed by atoms with Crippen LogP contribution in [-0.2, 0) is 4.79 Å². The van der Waals surface area contributed by atoms with Crippen molar-refractivity contribution in [3.63, 3.8) is 0 Å². The van der Waals surface area contributed by atoms with Crippen LogP contribution in [0.25, 0.3) is 0 Å². The lowest BCUT2D eigenvalue weighted by Gasteiger charge is -2.21. The van der Waals surface area contributed by atoms with E-state index in [9.17, 15) is 20.1 Å². The summed E-state index contributed by atoms with van der Waals surface area (Å²) in [6.07, 6.45) is 8.37. The van der Waals surface area contributed by atoms with Crippen molar-refractivity contribution in [1.29, 1.82) is 0 Å². The zero-order valence-electron chi connectivity index (χ0n) is 14.1. The molecule has 1 aliphatic rings. The lowest BCUT2D eigenvalue weighted by molar-refractivity contribution is -0.137. The third kappa shape index (κ3) is 7.46. The van der Waals surface area contributed by atoms with Crippen LogP contribution in [0.5, 0.6) is 0 Å². The molecule has 1 rings (SSSR count). The van der Waals surface area contributed by atoms with Gasteiger partial charge in [-0.25, -0.2) is 0 Å². The van der Waals surface area contributed by atoms with E-state index in [0.29, 0.717) is 19.3 Å². The van der Waals surface area contributed by atoms with Gasteiger partial charge < -0.3 is 20.4 Å². The average Bonchev–Trinajstić information content (AvgIpc) is 2.75. The second kappa shape index (κ2) is 10.8. The molecule has 0 aromatic heterocycles. The SMILES string of the molecule is CCCCC[C@@H](O)/C=C/[C@H]1[C@@H](CCCCC(=O)O)[C@@H](O)C[C@H]1O. The first-order valence-electron chi connectivity index (χ1n) is 8.90. The lowest BCUT2D eigenvalue weighted by atomic mass is 9.88. The zero-order valence-corrected chi connectivity index (χ0v) is 14.1. The first kappa shape index (κ1) is 20.1. The van der Waals surface area contributed by atoms with Gasteiger partial charge in [0.1, 0.15) is 0 Å². The number of hydrogen-bond acceptors (Lipinski definition) is 4. The molecule has 0 radical (unpaired) electrons. The molecule has 0 aliphatic heterocycles. The van der Waals surface area contributed by atoms with E-state index in [1.165, 1.54) is 0 Å². The quantitative estimate of drug-likeness (QED) is 0.345. The summed E-state index contributed by atoms with van der Waals surface area (Å²) in [5.74, 6) is -1.02. The van der Waals surface area contributed by atoms with Gasteiger partial charge in [0, 0.05) is 18.8 Å². The summed E-state index contributed by atoms with van der Waals surface area (Å²) in [6, 6.07) is 0. The van der Waals surface area contributed by atoms with E-state index in [4.69, 9.17) is 5.11 Å². The molecule has 1 saturated carbocycles. The molecule has 134 valence electrons. The summed E-state index contributed by atoms with van der Waals surface area (Å²) < 4.78 is 0. The molecule has 0 heterocycles. The molecule has 5 nitrogen and oxygen atoms in total. The Balaban J connectivity index is 2.46. The van der Waals surface area contributed by atoms with E-state index >= 15 is 0 Å². The van der Waals surface area contributed by atoms with Crippen LogP contribution in [0.4, 0.5) is 0 Å². The molecule has 0 aromatic rings. The van der Waals surface area contributed by atoms with Gasteiger partial charge in [-0.2, -0.15) is 0 Å². The minimum Gasteiger partial charge on any atom is -0.481 e. The van der Waals surface area contributed by atoms with Gasteiger partial charge in [-0.15, -0.1) is 0 Å². The Kier molecular flexibility index (Phi) is 9.44. The summed E-state index contributed by atoms with van der Waals surface area (Å²) in [7, 11) is 0. The van der Waals surface area contributed by atoms with Crippen LogP contribution in [0.3, 0.4) is 0 Å². The van der Waals surface area contributed by atoms with E-state index in [2.05, 4.69) is 6.92 Å². The van der Waals surface area contributed by atoms with Crippen LogP contribution >= 0.6 is 0 Å². The molecular weight excluding hydrogens is 296 g/mol. The first-order valence-corrected chi connectivity index (χ1v) is 8.90. The van der Waals surface area contributed by atoms with Crippen molar-refractivity contribution in [3.05, 3.63) is 12.2 Å². The predicted octanol–water partition coefficient (Wildman–Crippen LogP) is 2.49. The van der Waals surface area contributed by atoms with Crippen LogP contribution in [-0.4, -0.2) is 44.7 Å². The Morgan fingerprint density at radius 1 is 1.17 bits per heavy atom. The van der Waals surface area contributed by atoms with Gasteiger partial charge >= 0.3 is 5.97 Å². The summed E-state index contributed by atoms with van der Waals surface area (Å²) in [4.78, 5) is 10.5. The van der Waals surface area contributed by atoms with Gasteiger partial charge in [-0.3, -0.25) is 4.79 Å². The molecule has 0 aromatic carbocycles. The maximum atomic E-state index is 10.5. The van der Waals surface area contributed by atoms with Crippen molar-refractivity contribution >= 4 is 5.97 Å². The maximum absolute atomic E-state index is 10.5. The zero-order chi connectivity index (χ0) is 17.2. The number of aliphatic carboxylic acids is 1. The fraction of sp³-hybridized carbons (Fsp3) is 0.833. The fourth-order valence-corrected chi connectivity index (χ4v) is 3.39. The Morgan fingerprint density at radius 2 is 1.91 bits per heavy atom.